The molecule has 0 bridgehead atoms. The largest absolute Gasteiger partial charge is 0.396 e. The first-order chi connectivity index (χ1) is 13.4. The van der Waals surface area contributed by atoms with Crippen LogP contribution in [0.2, 0.25) is 5.02 Å². The quantitative estimate of drug-likeness (QED) is 0.785. The molecule has 2 N–H and O–H groups in total. The van der Waals surface area contributed by atoms with Crippen LogP contribution in [-0.2, 0) is 9.59 Å². The van der Waals surface area contributed by atoms with Gasteiger partial charge in [0.05, 0.1) is 5.70 Å². The molecule has 0 radical (unpaired) electrons. The lowest BCUT2D eigenvalue weighted by Gasteiger charge is -2.36. The van der Waals surface area contributed by atoms with Gasteiger partial charge < -0.3 is 15.5 Å². The molecular weight excluding hydrogens is 376 g/mol. The molecule has 2 aliphatic rings. The van der Waals surface area contributed by atoms with Crippen LogP contribution in [0.25, 0.3) is 0 Å². The van der Waals surface area contributed by atoms with Crippen molar-refractivity contribution < 1.29 is 9.59 Å². The van der Waals surface area contributed by atoms with Crippen molar-refractivity contribution in [1.82, 2.24) is 4.90 Å². The number of rotatable bonds is 4. The number of benzene rings is 1. The van der Waals surface area contributed by atoms with E-state index in [1.807, 2.05) is 24.0 Å². The molecule has 6 nitrogen and oxygen atoms in total. The van der Waals surface area contributed by atoms with Crippen molar-refractivity contribution >= 4 is 34.7 Å². The van der Waals surface area contributed by atoms with Gasteiger partial charge in [0.25, 0.3) is 0 Å². The molecule has 0 atom stereocenters. The van der Waals surface area contributed by atoms with Gasteiger partial charge in [-0.1, -0.05) is 17.7 Å². The Morgan fingerprint density at radius 3 is 2.57 bits per heavy atom. The predicted octanol–water partition coefficient (Wildman–Crippen LogP) is 2.72. The van der Waals surface area contributed by atoms with E-state index in [1.54, 1.807) is 0 Å². The zero-order chi connectivity index (χ0) is 20.3. The molecule has 28 heavy (non-hydrogen) atoms. The fourth-order valence-corrected chi connectivity index (χ4v) is 3.97. The molecule has 1 saturated heterocycles. The summed E-state index contributed by atoms with van der Waals surface area (Å²) < 4.78 is 0. The van der Waals surface area contributed by atoms with Crippen molar-refractivity contribution in [2.24, 2.45) is 10.7 Å². The number of ketones is 1. The number of anilines is 1. The number of aliphatic imine (C=N–C) groups is 1. The van der Waals surface area contributed by atoms with Crippen molar-refractivity contribution in [3.05, 3.63) is 40.1 Å². The van der Waals surface area contributed by atoms with E-state index in [2.05, 4.69) is 16.0 Å². The van der Waals surface area contributed by atoms with E-state index in [9.17, 15) is 9.59 Å². The number of carbonyl (C=O) groups is 2. The van der Waals surface area contributed by atoms with Gasteiger partial charge >= 0.3 is 0 Å². The minimum atomic E-state index is -0.136. The van der Waals surface area contributed by atoms with Crippen molar-refractivity contribution in [2.75, 3.05) is 37.6 Å². The Kier molecular flexibility index (Phi) is 6.39. The lowest BCUT2D eigenvalue weighted by atomic mass is 10.1. The highest BCUT2D eigenvalue weighted by Gasteiger charge is 2.24. The van der Waals surface area contributed by atoms with E-state index < -0.39 is 0 Å². The second kappa shape index (κ2) is 8.78. The third kappa shape index (κ3) is 4.38. The van der Waals surface area contributed by atoms with Crippen LogP contribution in [0, 0.1) is 6.92 Å². The van der Waals surface area contributed by atoms with Crippen LogP contribution < -0.4 is 10.6 Å². The number of nitrogens with two attached hydrogens (primary N) is 1. The first-order valence-electron chi connectivity index (χ1n) is 9.69. The molecule has 2 fully saturated rings. The molecule has 0 spiro atoms. The van der Waals surface area contributed by atoms with E-state index in [4.69, 9.17) is 17.3 Å². The fraction of sp³-hybridized carbons (Fsp3) is 0.476. The number of piperazine rings is 1. The summed E-state index contributed by atoms with van der Waals surface area (Å²) in [5.41, 5.74) is 10.0. The van der Waals surface area contributed by atoms with Crippen molar-refractivity contribution in [3.8, 4) is 0 Å². The molecule has 1 aromatic carbocycles. The average Bonchev–Trinajstić information content (AvgIpc) is 3.16. The number of allylic oxidation sites excluding steroid dienone is 2. The van der Waals surface area contributed by atoms with Gasteiger partial charge in [-0.05, 0) is 49.5 Å². The molecule has 1 heterocycles. The highest BCUT2D eigenvalue weighted by molar-refractivity contribution is 6.31. The molecule has 1 saturated carbocycles. The maximum absolute atomic E-state index is 12.6. The van der Waals surface area contributed by atoms with Crippen LogP contribution in [0.1, 0.15) is 31.7 Å². The van der Waals surface area contributed by atoms with Crippen LogP contribution in [0.5, 0.6) is 0 Å². The Labute approximate surface area is 171 Å². The van der Waals surface area contributed by atoms with E-state index in [0.29, 0.717) is 13.1 Å². The first-order valence-corrected chi connectivity index (χ1v) is 10.1. The number of carbonyl (C=O) groups excluding carboxylic acids is 2. The van der Waals surface area contributed by atoms with Crippen LogP contribution >= 0.6 is 11.6 Å². The third-order valence-corrected chi connectivity index (χ3v) is 5.92. The third-order valence-electron chi connectivity index (χ3n) is 5.51. The summed E-state index contributed by atoms with van der Waals surface area (Å²) in [6.45, 7) is 6.45. The van der Waals surface area contributed by atoms with Gasteiger partial charge in [-0.25, -0.2) is 0 Å². The minimum Gasteiger partial charge on any atom is -0.396 e. The SMILES string of the molecule is CC(=O)C(N)=C1CCCC1=NCC(=O)N1CCN(c2cccc(Cl)c2C)CC1. The Hall–Kier alpha value is -2.34. The summed E-state index contributed by atoms with van der Waals surface area (Å²) in [6.07, 6.45) is 2.46. The normalized spacial score (nSPS) is 20.6. The molecule has 3 rings (SSSR count). The molecular formula is C21H27ClN4O2. The summed E-state index contributed by atoms with van der Waals surface area (Å²) in [5, 5.41) is 0.761. The van der Waals surface area contributed by atoms with Crippen molar-refractivity contribution in [3.63, 3.8) is 0 Å². The number of amides is 1. The van der Waals surface area contributed by atoms with E-state index >= 15 is 0 Å². The Bertz CT molecular complexity index is 839. The van der Waals surface area contributed by atoms with Gasteiger partial charge in [-0.2, -0.15) is 0 Å². The number of hydrogen-bond donors (Lipinski definition) is 1. The van der Waals surface area contributed by atoms with Gasteiger partial charge in [-0.3, -0.25) is 14.6 Å². The number of hydrogen-bond acceptors (Lipinski definition) is 5. The summed E-state index contributed by atoms with van der Waals surface area (Å²) in [7, 11) is 0. The Morgan fingerprint density at radius 1 is 1.18 bits per heavy atom. The summed E-state index contributed by atoms with van der Waals surface area (Å²) in [6, 6.07) is 5.92. The molecule has 0 unspecified atom stereocenters. The standard InChI is InChI=1S/C21H27ClN4O2/c1-14-17(22)6-4-8-19(14)25-9-11-26(12-10-25)20(28)13-24-18-7-3-5-16(18)21(23)15(2)27/h4,6,8H,3,5,7,9-13,23H2,1-2H3. The number of halogens is 1. The second-order valence-corrected chi connectivity index (χ2v) is 7.72. The topological polar surface area (TPSA) is 79.0 Å². The van der Waals surface area contributed by atoms with E-state index in [1.165, 1.54) is 6.92 Å². The molecule has 1 amide bonds. The van der Waals surface area contributed by atoms with Crippen LogP contribution in [-0.4, -0.2) is 55.0 Å². The van der Waals surface area contributed by atoms with Gasteiger partial charge in [-0.15, -0.1) is 0 Å². The lowest BCUT2D eigenvalue weighted by Crippen LogP contribution is -2.49. The summed E-state index contributed by atoms with van der Waals surface area (Å²) in [4.78, 5) is 32.7. The average molecular weight is 403 g/mol. The molecule has 1 aliphatic heterocycles. The zero-order valence-electron chi connectivity index (χ0n) is 16.5. The maximum atomic E-state index is 12.6. The van der Waals surface area contributed by atoms with Gasteiger partial charge in [0.1, 0.15) is 6.54 Å². The van der Waals surface area contributed by atoms with E-state index in [-0.39, 0.29) is 23.9 Å². The monoisotopic (exact) mass is 402 g/mol. The van der Waals surface area contributed by atoms with Gasteiger partial charge in [0.15, 0.2) is 5.78 Å². The molecule has 7 heteroatoms. The van der Waals surface area contributed by atoms with Crippen LogP contribution in [0.3, 0.4) is 0 Å². The number of Topliss-reactive ketones (excluding diaryl/α,β-unsaturated/α-hetero) is 1. The van der Waals surface area contributed by atoms with Crippen LogP contribution in [0.15, 0.2) is 34.5 Å². The van der Waals surface area contributed by atoms with Crippen molar-refractivity contribution in [1.29, 1.82) is 0 Å². The van der Waals surface area contributed by atoms with Gasteiger partial charge in [0.2, 0.25) is 5.91 Å². The maximum Gasteiger partial charge on any atom is 0.244 e. The molecule has 1 aliphatic carbocycles. The first kappa shape index (κ1) is 20.4. The Balaban J connectivity index is 1.59. The second-order valence-electron chi connectivity index (χ2n) is 7.32. The fourth-order valence-electron chi connectivity index (χ4n) is 3.80. The number of nitrogens with zero attached hydrogens (tertiary/aromatic N) is 3. The minimum absolute atomic E-state index is 0.0163. The van der Waals surface area contributed by atoms with Gasteiger partial charge in [0, 0.05) is 49.5 Å². The Morgan fingerprint density at radius 2 is 1.89 bits per heavy atom. The molecule has 0 aromatic heterocycles. The van der Waals surface area contributed by atoms with E-state index in [0.717, 1.165) is 59.9 Å². The summed E-state index contributed by atoms with van der Waals surface area (Å²) >= 11 is 6.23. The summed E-state index contributed by atoms with van der Waals surface area (Å²) in [5.74, 6) is -0.119. The lowest BCUT2D eigenvalue weighted by molar-refractivity contribution is -0.129. The highest BCUT2D eigenvalue weighted by atomic mass is 35.5. The molecule has 150 valence electrons. The zero-order valence-corrected chi connectivity index (χ0v) is 17.3. The van der Waals surface area contributed by atoms with Crippen molar-refractivity contribution in [2.45, 2.75) is 33.1 Å². The highest BCUT2D eigenvalue weighted by Crippen LogP contribution is 2.27. The van der Waals surface area contributed by atoms with Crippen LogP contribution in [0.4, 0.5) is 5.69 Å². The molecule has 1 aromatic rings. The smallest absolute Gasteiger partial charge is 0.244 e. The predicted molar refractivity (Wildman–Crippen MR) is 113 cm³/mol.